The number of benzene rings is 1. The second-order valence-electron chi connectivity index (χ2n) is 6.84. The van der Waals surface area contributed by atoms with Crippen LogP contribution in [-0.4, -0.2) is 35.1 Å². The summed E-state index contributed by atoms with van der Waals surface area (Å²) >= 11 is 13.7. The first kappa shape index (κ1) is 22.5. The van der Waals surface area contributed by atoms with Crippen LogP contribution in [0.15, 0.2) is 18.2 Å². The molecule has 9 heteroatoms. The Morgan fingerprint density at radius 1 is 1.21 bits per heavy atom. The number of nitrogens with zero attached hydrogens (tertiary/aromatic N) is 2. The van der Waals surface area contributed by atoms with Crippen LogP contribution in [0.2, 0.25) is 10.0 Å². The second kappa shape index (κ2) is 10.1. The number of carboxylic acid groups (broad SMARTS) is 1. The molecule has 3 N–H and O–H groups in total. The Bertz CT molecular complexity index is 837. The van der Waals surface area contributed by atoms with Gasteiger partial charge in [0.05, 0.1) is 22.2 Å². The van der Waals surface area contributed by atoms with E-state index in [0.717, 1.165) is 22.6 Å². The topological polar surface area (TPSA) is 96.5 Å². The van der Waals surface area contributed by atoms with Gasteiger partial charge in [0.15, 0.2) is 5.13 Å². The second-order valence-corrected chi connectivity index (χ2v) is 8.72. The summed E-state index contributed by atoms with van der Waals surface area (Å²) in [5.74, 6) is -0.940. The van der Waals surface area contributed by atoms with Crippen molar-refractivity contribution in [2.24, 2.45) is 11.7 Å². The van der Waals surface area contributed by atoms with E-state index in [1.54, 1.807) is 17.0 Å². The van der Waals surface area contributed by atoms with Crippen molar-refractivity contribution >= 4 is 51.5 Å². The van der Waals surface area contributed by atoms with E-state index in [1.807, 2.05) is 6.07 Å². The van der Waals surface area contributed by atoms with Gasteiger partial charge in [-0.1, -0.05) is 43.1 Å². The quantitative estimate of drug-likeness (QED) is 0.564. The molecular formula is C19H23Cl2N3O3S. The number of carbonyl (C=O) groups is 2. The molecule has 0 saturated carbocycles. The van der Waals surface area contributed by atoms with E-state index in [9.17, 15) is 9.59 Å². The van der Waals surface area contributed by atoms with Gasteiger partial charge in [-0.3, -0.25) is 9.59 Å². The predicted octanol–water partition coefficient (Wildman–Crippen LogP) is 4.47. The molecule has 152 valence electrons. The van der Waals surface area contributed by atoms with Crippen molar-refractivity contribution in [2.75, 3.05) is 18.0 Å². The maximum Gasteiger partial charge on any atom is 0.305 e. The van der Waals surface area contributed by atoms with Gasteiger partial charge in [0.2, 0.25) is 5.91 Å². The fourth-order valence-corrected chi connectivity index (χ4v) is 4.28. The molecule has 0 aliphatic heterocycles. The van der Waals surface area contributed by atoms with Crippen molar-refractivity contribution in [1.82, 2.24) is 4.98 Å². The minimum absolute atomic E-state index is 0.0556. The molecule has 0 unspecified atom stereocenters. The van der Waals surface area contributed by atoms with Crippen LogP contribution in [0.1, 0.15) is 31.6 Å². The molecule has 2 rings (SSSR count). The fraction of sp³-hybridized carbons (Fsp3) is 0.421. The molecule has 0 atom stereocenters. The summed E-state index contributed by atoms with van der Waals surface area (Å²) < 4.78 is 0. The summed E-state index contributed by atoms with van der Waals surface area (Å²) in [4.78, 5) is 29.9. The summed E-state index contributed by atoms with van der Waals surface area (Å²) in [5, 5.41) is 10.6. The summed E-state index contributed by atoms with van der Waals surface area (Å²) in [5.41, 5.74) is 6.92. The number of hydrogen-bond donors (Lipinski definition) is 2. The molecular weight excluding hydrogens is 421 g/mol. The van der Waals surface area contributed by atoms with E-state index in [-0.39, 0.29) is 19.4 Å². The van der Waals surface area contributed by atoms with E-state index in [2.05, 4.69) is 13.8 Å². The lowest BCUT2D eigenvalue weighted by Crippen LogP contribution is -2.30. The van der Waals surface area contributed by atoms with Gasteiger partial charge in [0, 0.05) is 30.0 Å². The number of aliphatic carboxylic acids is 1. The number of carbonyl (C=O) groups excluding carboxylic acids is 1. The number of hydrogen-bond acceptors (Lipinski definition) is 5. The maximum atomic E-state index is 11.2. The molecule has 2 aromatic rings. The van der Waals surface area contributed by atoms with Gasteiger partial charge < -0.3 is 15.7 Å². The van der Waals surface area contributed by atoms with Gasteiger partial charge >= 0.3 is 5.97 Å². The van der Waals surface area contributed by atoms with Gasteiger partial charge in [-0.25, -0.2) is 4.98 Å². The van der Waals surface area contributed by atoms with Gasteiger partial charge in [0.25, 0.3) is 0 Å². The van der Waals surface area contributed by atoms with Gasteiger partial charge in [-0.05, 0) is 24.5 Å². The monoisotopic (exact) mass is 443 g/mol. The standard InChI is InChI=1S/C19H23Cl2N3O3S/c1-11(2)9-15-18(12-3-4-13(20)14(21)10-12)23-19(28-15)24(7-5-16(22)25)8-6-17(26)27/h3-4,10-11H,5-9H2,1-2H3,(H2,22,25)(H,26,27). The van der Waals surface area contributed by atoms with Crippen molar-refractivity contribution in [1.29, 1.82) is 0 Å². The molecule has 0 aliphatic carbocycles. The Balaban J connectivity index is 2.43. The third-order valence-corrected chi connectivity index (χ3v) is 5.84. The SMILES string of the molecule is CC(C)Cc1sc(N(CCC(N)=O)CCC(=O)O)nc1-c1ccc(Cl)c(Cl)c1. The highest BCUT2D eigenvalue weighted by atomic mass is 35.5. The highest BCUT2D eigenvalue weighted by Crippen LogP contribution is 2.37. The molecule has 0 saturated heterocycles. The van der Waals surface area contributed by atoms with E-state index < -0.39 is 11.9 Å². The van der Waals surface area contributed by atoms with Crippen molar-refractivity contribution in [3.05, 3.63) is 33.1 Å². The first-order valence-electron chi connectivity index (χ1n) is 8.87. The lowest BCUT2D eigenvalue weighted by atomic mass is 10.0. The molecule has 0 radical (unpaired) electrons. The zero-order valence-electron chi connectivity index (χ0n) is 15.7. The van der Waals surface area contributed by atoms with Crippen LogP contribution < -0.4 is 10.6 Å². The zero-order chi connectivity index (χ0) is 20.8. The lowest BCUT2D eigenvalue weighted by Gasteiger charge is -2.20. The molecule has 0 fully saturated rings. The number of halogens is 2. The van der Waals surface area contributed by atoms with Crippen molar-refractivity contribution < 1.29 is 14.7 Å². The molecule has 1 amide bonds. The normalized spacial score (nSPS) is 11.0. The third kappa shape index (κ3) is 6.36. The number of thiazole rings is 1. The van der Waals surface area contributed by atoms with E-state index >= 15 is 0 Å². The Kier molecular flexibility index (Phi) is 8.10. The van der Waals surface area contributed by atoms with Crippen molar-refractivity contribution in [3.8, 4) is 11.3 Å². The number of carboxylic acids is 1. The fourth-order valence-electron chi connectivity index (χ4n) is 2.63. The molecule has 1 heterocycles. The molecule has 28 heavy (non-hydrogen) atoms. The molecule has 1 aromatic carbocycles. The molecule has 0 bridgehead atoms. The van der Waals surface area contributed by atoms with Crippen LogP contribution in [0.5, 0.6) is 0 Å². The predicted molar refractivity (Wildman–Crippen MR) is 114 cm³/mol. The van der Waals surface area contributed by atoms with Crippen LogP contribution in [0.3, 0.4) is 0 Å². The number of nitrogens with two attached hydrogens (primary N) is 1. The largest absolute Gasteiger partial charge is 0.481 e. The first-order chi connectivity index (χ1) is 13.2. The third-order valence-electron chi connectivity index (χ3n) is 3.97. The minimum Gasteiger partial charge on any atom is -0.481 e. The van der Waals surface area contributed by atoms with Crippen molar-refractivity contribution in [3.63, 3.8) is 0 Å². The number of anilines is 1. The number of amides is 1. The smallest absolute Gasteiger partial charge is 0.305 e. The summed E-state index contributed by atoms with van der Waals surface area (Å²) in [6.45, 7) is 4.80. The summed E-state index contributed by atoms with van der Waals surface area (Å²) in [7, 11) is 0. The Labute approximate surface area is 178 Å². The Morgan fingerprint density at radius 3 is 2.46 bits per heavy atom. The number of aromatic nitrogens is 1. The summed E-state index contributed by atoms with van der Waals surface area (Å²) in [6.07, 6.45) is 0.886. The van der Waals surface area contributed by atoms with E-state index in [4.69, 9.17) is 39.0 Å². The lowest BCUT2D eigenvalue weighted by molar-refractivity contribution is -0.136. The van der Waals surface area contributed by atoms with E-state index in [1.165, 1.54) is 11.3 Å². The van der Waals surface area contributed by atoms with Crippen LogP contribution >= 0.6 is 34.5 Å². The average molecular weight is 444 g/mol. The van der Waals surface area contributed by atoms with Crippen LogP contribution in [0.25, 0.3) is 11.3 Å². The van der Waals surface area contributed by atoms with Crippen molar-refractivity contribution in [2.45, 2.75) is 33.1 Å². The zero-order valence-corrected chi connectivity index (χ0v) is 18.1. The van der Waals surface area contributed by atoms with Gasteiger partial charge in [0.1, 0.15) is 0 Å². The number of primary amides is 1. The minimum atomic E-state index is -0.909. The molecule has 0 spiro atoms. The molecule has 0 aliphatic rings. The van der Waals surface area contributed by atoms with E-state index in [0.29, 0.717) is 27.6 Å². The van der Waals surface area contributed by atoms with Crippen LogP contribution in [0.4, 0.5) is 5.13 Å². The number of rotatable bonds is 10. The van der Waals surface area contributed by atoms with Gasteiger partial charge in [-0.15, -0.1) is 11.3 Å². The maximum absolute atomic E-state index is 11.2. The molecule has 1 aromatic heterocycles. The summed E-state index contributed by atoms with van der Waals surface area (Å²) in [6, 6.07) is 5.37. The highest BCUT2D eigenvalue weighted by molar-refractivity contribution is 7.16. The molecule has 6 nitrogen and oxygen atoms in total. The van der Waals surface area contributed by atoms with Crippen LogP contribution in [0, 0.1) is 5.92 Å². The highest BCUT2D eigenvalue weighted by Gasteiger charge is 2.20. The van der Waals surface area contributed by atoms with Gasteiger partial charge in [-0.2, -0.15) is 0 Å². The average Bonchev–Trinajstić information content (AvgIpc) is 2.99. The first-order valence-corrected chi connectivity index (χ1v) is 10.4. The van der Waals surface area contributed by atoms with Crippen LogP contribution in [-0.2, 0) is 16.0 Å². The Hall–Kier alpha value is -1.83. The Morgan fingerprint density at radius 2 is 1.89 bits per heavy atom.